The molecule has 3 aromatic carbocycles. The van der Waals surface area contributed by atoms with Crippen molar-refractivity contribution in [2.24, 2.45) is 11.7 Å². The number of aromatic hydroxyl groups is 1. The predicted octanol–water partition coefficient (Wildman–Crippen LogP) is 3.30. The first-order chi connectivity index (χ1) is 23.5. The fourth-order valence-corrected chi connectivity index (χ4v) is 5.95. The molecule has 5 aromatic rings. The molecule has 5 rings (SSSR count). The lowest BCUT2D eigenvalue weighted by atomic mass is 10.00. The Balaban J connectivity index is 1.39. The van der Waals surface area contributed by atoms with Crippen LogP contribution >= 0.6 is 0 Å². The minimum Gasteiger partial charge on any atom is -0.508 e. The van der Waals surface area contributed by atoms with Gasteiger partial charge in [0.1, 0.15) is 23.9 Å². The number of hydrogen-bond acceptors (Lipinski definition) is 6. The first-order valence-electron chi connectivity index (χ1n) is 16.3. The molecule has 0 spiro atoms. The molecule has 0 aliphatic heterocycles. The second-order valence-corrected chi connectivity index (χ2v) is 12.8. The Morgan fingerprint density at radius 3 is 1.71 bits per heavy atom. The van der Waals surface area contributed by atoms with Crippen molar-refractivity contribution in [3.8, 4) is 5.75 Å². The Morgan fingerprint density at radius 1 is 0.673 bits per heavy atom. The van der Waals surface area contributed by atoms with Crippen LogP contribution in [0.3, 0.4) is 0 Å². The number of carbonyl (C=O) groups is 4. The number of carboxylic acids is 1. The fraction of sp³-hybridized carbons (Fsp3) is 0.297. The number of aliphatic carboxylic acids is 1. The van der Waals surface area contributed by atoms with Crippen LogP contribution in [0.1, 0.15) is 37.0 Å². The van der Waals surface area contributed by atoms with Gasteiger partial charge in [-0.15, -0.1) is 0 Å². The summed E-state index contributed by atoms with van der Waals surface area (Å²) >= 11 is 0. The SMILES string of the molecule is CC(C)CC(NC(=O)C(Cc1c[nH]c2ccccc12)NC(=O)C(Cc1ccc(O)cc1)NC(=O)C(N)Cc1c[nH]c2ccccc12)C(=O)O. The number of carbonyl (C=O) groups excluding carboxylic acids is 3. The third-order valence-corrected chi connectivity index (χ3v) is 8.51. The summed E-state index contributed by atoms with van der Waals surface area (Å²) in [7, 11) is 0. The second-order valence-electron chi connectivity index (χ2n) is 12.8. The summed E-state index contributed by atoms with van der Waals surface area (Å²) in [5.41, 5.74) is 10.3. The summed E-state index contributed by atoms with van der Waals surface area (Å²) in [5, 5.41) is 29.6. The second kappa shape index (κ2) is 15.5. The van der Waals surface area contributed by atoms with Crippen LogP contribution < -0.4 is 21.7 Å². The highest BCUT2D eigenvalue weighted by molar-refractivity contribution is 5.95. The van der Waals surface area contributed by atoms with E-state index in [1.807, 2.05) is 62.4 Å². The predicted molar refractivity (Wildman–Crippen MR) is 187 cm³/mol. The number of hydrogen-bond donors (Lipinski definition) is 8. The highest BCUT2D eigenvalue weighted by Crippen LogP contribution is 2.21. The molecule has 3 amide bonds. The van der Waals surface area contributed by atoms with Crippen LogP contribution in [-0.2, 0) is 38.4 Å². The molecule has 9 N–H and O–H groups in total. The molecule has 4 atom stereocenters. The van der Waals surface area contributed by atoms with Gasteiger partial charge >= 0.3 is 5.97 Å². The molecule has 0 aliphatic carbocycles. The molecule has 4 unspecified atom stereocenters. The molecule has 0 bridgehead atoms. The number of aromatic amines is 2. The molecule has 12 heteroatoms. The molecule has 0 fully saturated rings. The van der Waals surface area contributed by atoms with Crippen molar-refractivity contribution < 1.29 is 29.4 Å². The third kappa shape index (κ3) is 8.85. The monoisotopic (exact) mass is 666 g/mol. The summed E-state index contributed by atoms with van der Waals surface area (Å²) < 4.78 is 0. The Labute approximate surface area is 283 Å². The van der Waals surface area contributed by atoms with E-state index in [2.05, 4.69) is 25.9 Å². The van der Waals surface area contributed by atoms with Crippen LogP contribution in [0.5, 0.6) is 5.75 Å². The number of aromatic nitrogens is 2. The van der Waals surface area contributed by atoms with Gasteiger partial charge in [-0.1, -0.05) is 62.4 Å². The van der Waals surface area contributed by atoms with E-state index in [1.165, 1.54) is 12.1 Å². The third-order valence-electron chi connectivity index (χ3n) is 8.51. The number of benzene rings is 3. The highest BCUT2D eigenvalue weighted by atomic mass is 16.4. The Kier molecular flexibility index (Phi) is 11.0. The number of nitrogens with two attached hydrogens (primary N) is 1. The van der Waals surface area contributed by atoms with Gasteiger partial charge in [-0.3, -0.25) is 14.4 Å². The van der Waals surface area contributed by atoms with Crippen LogP contribution in [0.25, 0.3) is 21.8 Å². The molecule has 256 valence electrons. The largest absolute Gasteiger partial charge is 0.508 e. The Hall–Kier alpha value is -5.62. The van der Waals surface area contributed by atoms with Crippen molar-refractivity contribution >= 4 is 45.5 Å². The standard InChI is InChI=1S/C37H42N6O6/c1-21(2)15-33(37(48)49)43-36(47)32(18-24-20-40-30-10-6-4-8-27(24)30)42-35(46)31(16-22-11-13-25(44)14-12-22)41-34(45)28(38)17-23-19-39-29-9-5-3-7-26(23)29/h3-14,19-21,28,31-33,39-40,44H,15-18,38H2,1-2H3,(H,41,45)(H,42,46)(H,43,47)(H,48,49). The summed E-state index contributed by atoms with van der Waals surface area (Å²) in [6, 6.07) is 16.9. The van der Waals surface area contributed by atoms with Crippen molar-refractivity contribution in [3.63, 3.8) is 0 Å². The van der Waals surface area contributed by atoms with Gasteiger partial charge in [0.2, 0.25) is 17.7 Å². The van der Waals surface area contributed by atoms with E-state index in [0.29, 0.717) is 5.56 Å². The van der Waals surface area contributed by atoms with Crippen LogP contribution in [0.2, 0.25) is 0 Å². The zero-order valence-corrected chi connectivity index (χ0v) is 27.4. The van der Waals surface area contributed by atoms with Crippen molar-refractivity contribution in [1.82, 2.24) is 25.9 Å². The van der Waals surface area contributed by atoms with E-state index >= 15 is 0 Å². The molecule has 49 heavy (non-hydrogen) atoms. The first-order valence-corrected chi connectivity index (χ1v) is 16.3. The van der Waals surface area contributed by atoms with Gasteiger partial charge in [0.05, 0.1) is 6.04 Å². The van der Waals surface area contributed by atoms with Crippen molar-refractivity contribution in [3.05, 3.63) is 102 Å². The van der Waals surface area contributed by atoms with Gasteiger partial charge in [0, 0.05) is 47.0 Å². The number of rotatable bonds is 15. The molecular weight excluding hydrogens is 624 g/mol. The summed E-state index contributed by atoms with van der Waals surface area (Å²) in [6.45, 7) is 3.71. The van der Waals surface area contributed by atoms with Gasteiger partial charge in [-0.2, -0.15) is 0 Å². The number of para-hydroxylation sites is 2. The zero-order valence-electron chi connectivity index (χ0n) is 27.4. The number of amides is 3. The average molecular weight is 667 g/mol. The molecule has 0 saturated carbocycles. The lowest BCUT2D eigenvalue weighted by molar-refractivity contribution is -0.142. The van der Waals surface area contributed by atoms with Crippen LogP contribution in [0.15, 0.2) is 85.2 Å². The van der Waals surface area contributed by atoms with E-state index in [-0.39, 0.29) is 37.4 Å². The zero-order chi connectivity index (χ0) is 35.1. The Bertz CT molecular complexity index is 1930. The topological polar surface area (TPSA) is 202 Å². The molecule has 0 saturated heterocycles. The molecule has 0 aliphatic rings. The van der Waals surface area contributed by atoms with Gasteiger partial charge in [0.25, 0.3) is 0 Å². The normalized spacial score (nSPS) is 13.9. The van der Waals surface area contributed by atoms with E-state index < -0.39 is 47.9 Å². The lowest BCUT2D eigenvalue weighted by Crippen LogP contribution is -2.58. The minimum atomic E-state index is -1.18. The van der Waals surface area contributed by atoms with Crippen molar-refractivity contribution in [2.75, 3.05) is 0 Å². The van der Waals surface area contributed by atoms with E-state index in [0.717, 1.165) is 32.9 Å². The van der Waals surface area contributed by atoms with Crippen LogP contribution in [0.4, 0.5) is 0 Å². The maximum Gasteiger partial charge on any atom is 0.326 e. The molecule has 2 heterocycles. The maximum absolute atomic E-state index is 14.0. The molecule has 0 radical (unpaired) electrons. The molecule has 12 nitrogen and oxygen atoms in total. The summed E-state index contributed by atoms with van der Waals surface area (Å²) in [6.07, 6.45) is 4.04. The van der Waals surface area contributed by atoms with Gasteiger partial charge in [-0.05, 0) is 59.7 Å². The first kappa shape index (κ1) is 34.7. The maximum atomic E-state index is 14.0. The smallest absolute Gasteiger partial charge is 0.326 e. The number of H-pyrrole nitrogens is 2. The van der Waals surface area contributed by atoms with Crippen LogP contribution in [0, 0.1) is 5.92 Å². The fourth-order valence-electron chi connectivity index (χ4n) is 5.95. The van der Waals surface area contributed by atoms with E-state index in [1.54, 1.807) is 24.5 Å². The summed E-state index contributed by atoms with van der Waals surface area (Å²) in [4.78, 5) is 59.6. The van der Waals surface area contributed by atoms with Crippen molar-refractivity contribution in [1.29, 1.82) is 0 Å². The number of carboxylic acid groups (broad SMARTS) is 1. The van der Waals surface area contributed by atoms with Gasteiger partial charge in [-0.25, -0.2) is 4.79 Å². The number of phenolic OH excluding ortho intramolecular Hbond substituents is 1. The summed E-state index contributed by atoms with van der Waals surface area (Å²) in [5.74, 6) is -3.04. The van der Waals surface area contributed by atoms with Gasteiger partial charge < -0.3 is 41.9 Å². The molecular formula is C37H42N6O6. The average Bonchev–Trinajstić information content (AvgIpc) is 3.68. The Morgan fingerprint density at radius 2 is 1.16 bits per heavy atom. The van der Waals surface area contributed by atoms with Gasteiger partial charge in [0.15, 0.2) is 0 Å². The van der Waals surface area contributed by atoms with Crippen molar-refractivity contribution in [2.45, 2.75) is 63.7 Å². The number of nitrogens with one attached hydrogen (secondary N) is 5. The molecule has 2 aromatic heterocycles. The number of phenols is 1. The minimum absolute atomic E-state index is 0.0126. The quantitative estimate of drug-likeness (QED) is 0.0837. The number of fused-ring (bicyclic) bond motifs is 2. The van der Waals surface area contributed by atoms with E-state index in [9.17, 15) is 29.4 Å². The lowest BCUT2D eigenvalue weighted by Gasteiger charge is -2.26. The van der Waals surface area contributed by atoms with E-state index in [4.69, 9.17) is 5.73 Å². The van der Waals surface area contributed by atoms with Crippen LogP contribution in [-0.4, -0.2) is 68.0 Å². The highest BCUT2D eigenvalue weighted by Gasteiger charge is 2.31.